The van der Waals surface area contributed by atoms with Crippen LogP contribution in [0.25, 0.3) is 0 Å². The Bertz CT molecular complexity index is 3160. The maximum Gasteiger partial charge on any atom is 0.411 e. The van der Waals surface area contributed by atoms with E-state index in [1.54, 1.807) is 74.3 Å². The number of nitrogens with two attached hydrogens (primary N) is 1. The summed E-state index contributed by atoms with van der Waals surface area (Å²) >= 11 is 0.971. The Morgan fingerprint density at radius 3 is 2.07 bits per heavy atom. The molecule has 1 aliphatic rings. The van der Waals surface area contributed by atoms with Crippen LogP contribution in [0, 0.1) is 29.1 Å². The number of anilines is 3. The van der Waals surface area contributed by atoms with Gasteiger partial charge in [-0.3, -0.25) is 34.1 Å². The fourth-order valence-corrected chi connectivity index (χ4v) is 9.98. The summed E-state index contributed by atoms with van der Waals surface area (Å²) in [6, 6.07) is 23.8. The minimum Gasteiger partial charge on any atom is -0.478 e. The largest absolute Gasteiger partial charge is 0.478 e. The number of nitrogens with one attached hydrogen (secondary N) is 6. The summed E-state index contributed by atoms with van der Waals surface area (Å²) in [7, 11) is 1.60. The highest BCUT2D eigenvalue weighted by molar-refractivity contribution is 8.14. The topological polar surface area (TPSA) is 288 Å². The number of hydrogen-bond acceptors (Lipinski definition) is 11. The first kappa shape index (κ1) is 66.2. The third kappa shape index (κ3) is 19.5. The Hall–Kier alpha value is -8.64. The number of urea groups is 1. The summed E-state index contributed by atoms with van der Waals surface area (Å²) in [5, 5.41) is 25.5. The van der Waals surface area contributed by atoms with Gasteiger partial charge < -0.3 is 52.0 Å². The first-order valence-corrected chi connectivity index (χ1v) is 28.6. The van der Waals surface area contributed by atoms with Gasteiger partial charge in [0, 0.05) is 59.3 Å². The number of fused-ring (bicyclic) bond motifs is 2. The highest BCUT2D eigenvalue weighted by Gasteiger charge is 2.39. The van der Waals surface area contributed by atoms with Gasteiger partial charge in [0.15, 0.2) is 0 Å². The standard InChI is InChI=1S/C63H79N9O11S/c1-38(2)50(34-40(5)58(78)79)71(11)57(77)54(62(6,7)8)70-61(82)84-63(9,10)45-21-16-22-47(35-45)67-60(81)83-37-41-25-29-46(30-26-41)66-55(75)48(23-17-33-65-59(64)80)68-56(76)53(39(3)4)69-51(73)31-32-52(74)72-36-44-20-13-12-18-42(44)27-28-43-19-14-15-24-49(43)72/h12-16,18-22,24-26,29-30,34-35,38-39,48,50,53-54H,17,23,31-33,36-37H2,1-11H3,(H,66,75)(H,67,81)(H,68,76)(H,69,73)(H,70,82)(H,78,79)(H3,64,65,80)/b40-34+/t48-,50+,53-,54+/m0/s1. The van der Waals surface area contributed by atoms with Gasteiger partial charge in [0.2, 0.25) is 29.5 Å². The molecule has 1 heterocycles. The van der Waals surface area contributed by atoms with Crippen LogP contribution in [-0.2, 0) is 51.4 Å². The molecule has 0 radical (unpaired) electrons. The van der Waals surface area contributed by atoms with E-state index in [1.807, 2.05) is 103 Å². The van der Waals surface area contributed by atoms with Crippen LogP contribution in [-0.4, -0.2) is 101 Å². The van der Waals surface area contributed by atoms with E-state index in [-0.39, 0.29) is 68.7 Å². The minimum absolute atomic E-state index is 0.0839. The number of hydrogen-bond donors (Lipinski definition) is 8. The molecule has 5 rings (SSSR count). The zero-order valence-corrected chi connectivity index (χ0v) is 50.5. The smallest absolute Gasteiger partial charge is 0.411 e. The van der Waals surface area contributed by atoms with Gasteiger partial charge in [-0.25, -0.2) is 14.4 Å². The van der Waals surface area contributed by atoms with Crippen LogP contribution in [0.15, 0.2) is 109 Å². The molecule has 21 heteroatoms. The van der Waals surface area contributed by atoms with Crippen molar-refractivity contribution in [1.29, 1.82) is 0 Å². The monoisotopic (exact) mass is 1170 g/mol. The Balaban J connectivity index is 1.16. The predicted molar refractivity (Wildman–Crippen MR) is 325 cm³/mol. The van der Waals surface area contributed by atoms with Crippen LogP contribution in [0.2, 0.25) is 0 Å². The Kier molecular flexibility index (Phi) is 23.7. The molecule has 0 unspecified atom stereocenters. The van der Waals surface area contributed by atoms with Crippen molar-refractivity contribution in [3.63, 3.8) is 0 Å². The van der Waals surface area contributed by atoms with E-state index in [9.17, 15) is 48.3 Å². The van der Waals surface area contributed by atoms with Crippen LogP contribution in [0.3, 0.4) is 0 Å². The molecule has 9 amide bonds. The molecule has 0 saturated carbocycles. The van der Waals surface area contributed by atoms with E-state index in [2.05, 4.69) is 43.7 Å². The van der Waals surface area contributed by atoms with Gasteiger partial charge in [0.05, 0.1) is 18.3 Å². The van der Waals surface area contributed by atoms with Gasteiger partial charge in [0.25, 0.3) is 5.24 Å². The molecular weight excluding hydrogens is 1090 g/mol. The fraction of sp³-hybridized carbons (Fsp3) is 0.413. The number of carbonyl (C=O) groups excluding carboxylic acids is 8. The average molecular weight is 1170 g/mol. The number of nitrogens with zero attached hydrogens (tertiary/aromatic N) is 2. The first-order chi connectivity index (χ1) is 39.5. The number of likely N-dealkylation sites (N-methyl/N-ethyl adjacent to an activating group) is 1. The average Bonchev–Trinajstić information content (AvgIpc) is 3.52. The van der Waals surface area contributed by atoms with E-state index in [0.29, 0.717) is 33.8 Å². The Labute approximate surface area is 496 Å². The van der Waals surface area contributed by atoms with Crippen molar-refractivity contribution in [2.45, 2.75) is 137 Å². The normalized spacial score (nSPS) is 13.6. The molecule has 4 atom stereocenters. The van der Waals surface area contributed by atoms with E-state index < -0.39 is 81.3 Å². The van der Waals surface area contributed by atoms with Crippen LogP contribution in [0.5, 0.6) is 0 Å². The molecule has 20 nitrogen and oxygen atoms in total. The number of ether oxygens (including phenoxy) is 1. The van der Waals surface area contributed by atoms with Crippen molar-refractivity contribution in [3.8, 4) is 11.8 Å². The summed E-state index contributed by atoms with van der Waals surface area (Å²) in [5.41, 5.74) is 9.65. The lowest BCUT2D eigenvalue weighted by Gasteiger charge is -2.37. The lowest BCUT2D eigenvalue weighted by Crippen LogP contribution is -2.56. The number of para-hydroxylation sites is 1. The Morgan fingerprint density at radius 1 is 0.774 bits per heavy atom. The van der Waals surface area contributed by atoms with Gasteiger partial charge in [-0.05, 0) is 110 Å². The number of carboxylic acids is 1. The van der Waals surface area contributed by atoms with E-state index in [4.69, 9.17) is 10.5 Å². The Morgan fingerprint density at radius 2 is 1.43 bits per heavy atom. The maximum atomic E-state index is 14.0. The molecule has 1 aliphatic heterocycles. The van der Waals surface area contributed by atoms with Crippen molar-refractivity contribution in [3.05, 3.63) is 137 Å². The third-order valence-electron chi connectivity index (χ3n) is 14.0. The van der Waals surface area contributed by atoms with E-state index >= 15 is 0 Å². The summed E-state index contributed by atoms with van der Waals surface area (Å²) in [5.74, 6) is 2.31. The van der Waals surface area contributed by atoms with Crippen molar-refractivity contribution in [2.24, 2.45) is 23.0 Å². The lowest BCUT2D eigenvalue weighted by atomic mass is 9.85. The molecule has 4 aromatic rings. The van der Waals surface area contributed by atoms with Gasteiger partial charge in [0.1, 0.15) is 24.7 Å². The van der Waals surface area contributed by atoms with Crippen molar-refractivity contribution < 1.29 is 53.0 Å². The molecule has 0 aliphatic carbocycles. The van der Waals surface area contributed by atoms with Crippen molar-refractivity contribution >= 4 is 81.7 Å². The number of benzene rings is 4. The molecule has 0 fully saturated rings. The number of amides is 9. The van der Waals surface area contributed by atoms with Gasteiger partial charge in [-0.1, -0.05) is 133 Å². The molecule has 0 saturated heterocycles. The van der Waals surface area contributed by atoms with Gasteiger partial charge >= 0.3 is 18.1 Å². The number of carboxylic acid groups (broad SMARTS) is 1. The molecule has 0 bridgehead atoms. The van der Waals surface area contributed by atoms with Gasteiger partial charge in [-0.15, -0.1) is 0 Å². The van der Waals surface area contributed by atoms with Crippen molar-refractivity contribution in [1.82, 2.24) is 26.2 Å². The summed E-state index contributed by atoms with van der Waals surface area (Å²) < 4.78 is 4.67. The van der Waals surface area contributed by atoms with Gasteiger partial charge in [-0.2, -0.15) is 0 Å². The second kappa shape index (κ2) is 30.1. The third-order valence-corrected chi connectivity index (χ3v) is 15.0. The highest BCUT2D eigenvalue weighted by Crippen LogP contribution is 2.38. The number of carbonyl (C=O) groups is 9. The molecular formula is C63H79N9O11S. The quantitative estimate of drug-likeness (QED) is 0.0186. The number of thioether (sulfide) groups is 1. The molecule has 9 N–H and O–H groups in total. The molecule has 448 valence electrons. The SMILES string of the molecule is C/C(=C\[C@H](C(C)C)N(C)C(=O)[C@@H](NC(=O)SC(C)(C)c1cccc(NC(=O)OCc2ccc(NC(=O)[C@H](CCCNC(N)=O)NC(=O)[C@@H](NC(=O)CCC(=O)N3Cc4ccccc4C#Cc4ccccc43)C(C)C)cc2)c1)C(C)(C)C)C(=O)O. The second-order valence-electron chi connectivity index (χ2n) is 22.8. The number of aliphatic carboxylic acids is 1. The zero-order chi connectivity index (χ0) is 62.1. The zero-order valence-electron chi connectivity index (χ0n) is 49.6. The van der Waals surface area contributed by atoms with Crippen LogP contribution >= 0.6 is 11.8 Å². The van der Waals surface area contributed by atoms with Crippen LogP contribution in [0.1, 0.15) is 123 Å². The van der Waals surface area contributed by atoms with Crippen LogP contribution in [0.4, 0.5) is 31.4 Å². The molecule has 0 aromatic heterocycles. The molecule has 4 aromatic carbocycles. The molecule has 84 heavy (non-hydrogen) atoms. The van der Waals surface area contributed by atoms with E-state index in [0.717, 1.165) is 22.9 Å². The fourth-order valence-electron chi connectivity index (χ4n) is 9.10. The van der Waals surface area contributed by atoms with E-state index in [1.165, 1.54) is 11.8 Å². The number of primary amides is 1. The summed E-state index contributed by atoms with van der Waals surface area (Å²) in [6.07, 6.45) is 0.756. The predicted octanol–water partition coefficient (Wildman–Crippen LogP) is 8.78. The summed E-state index contributed by atoms with van der Waals surface area (Å²) in [6.45, 7) is 18.1. The van der Waals surface area contributed by atoms with Crippen molar-refractivity contribution in [2.75, 3.05) is 29.1 Å². The maximum absolute atomic E-state index is 14.0. The lowest BCUT2D eigenvalue weighted by molar-refractivity contribution is -0.137. The number of rotatable bonds is 24. The second-order valence-corrected chi connectivity index (χ2v) is 24.4. The van der Waals surface area contributed by atoms with Crippen LogP contribution < -0.4 is 42.5 Å². The minimum atomic E-state index is -1.12. The highest BCUT2D eigenvalue weighted by atomic mass is 32.2. The summed E-state index contributed by atoms with van der Waals surface area (Å²) in [4.78, 5) is 122. The molecule has 0 spiro atoms. The first-order valence-electron chi connectivity index (χ1n) is 27.8.